The van der Waals surface area contributed by atoms with Gasteiger partial charge in [-0.1, -0.05) is 94.4 Å². The van der Waals surface area contributed by atoms with E-state index in [1.165, 1.54) is 65.9 Å². The Hall–Kier alpha value is -6.20. The summed E-state index contributed by atoms with van der Waals surface area (Å²) in [4.78, 5) is 32.1. The van der Waals surface area contributed by atoms with Crippen LogP contribution in [0.3, 0.4) is 0 Å². The van der Waals surface area contributed by atoms with E-state index in [9.17, 15) is 77.2 Å². The number of piperidine rings is 1. The van der Waals surface area contributed by atoms with Gasteiger partial charge in [0, 0.05) is 39.8 Å². The van der Waals surface area contributed by atoms with Crippen molar-refractivity contribution >= 4 is 118 Å². The molecule has 0 aliphatic carbocycles. The Bertz CT molecular complexity index is 5310. The number of carbonyl (C=O) groups excluding carboxylic acids is 2. The third-order valence-corrected chi connectivity index (χ3v) is 28.1. The van der Waals surface area contributed by atoms with Crippen molar-refractivity contribution in [3.8, 4) is 0 Å². The number of ether oxygens (including phenoxy) is 2. The third kappa shape index (κ3) is 32.7. The summed E-state index contributed by atoms with van der Waals surface area (Å²) in [6.07, 6.45) is 7.07. The molecule has 126 heavy (non-hydrogen) atoms. The van der Waals surface area contributed by atoms with Crippen LogP contribution in [0.4, 0.5) is 26.6 Å². The minimum atomic E-state index is -5.84. The smallest absolute Gasteiger partial charge is 1.00 e. The van der Waals surface area contributed by atoms with E-state index in [4.69, 9.17) is 28.1 Å². The number of nitrogens with two attached hydrogens (primary N) is 1. The number of benzene rings is 5. The van der Waals surface area contributed by atoms with E-state index in [0.717, 1.165) is 66.6 Å². The van der Waals surface area contributed by atoms with Gasteiger partial charge < -0.3 is 44.8 Å². The van der Waals surface area contributed by atoms with Crippen molar-refractivity contribution < 1.29 is 140 Å². The number of nitrogens with zero attached hydrogens (tertiary/aromatic N) is 3. The van der Waals surface area contributed by atoms with E-state index in [-0.39, 0.29) is 79.0 Å². The summed E-state index contributed by atoms with van der Waals surface area (Å²) in [5, 5.41) is 3.47. The Labute approximate surface area is 770 Å². The van der Waals surface area contributed by atoms with Gasteiger partial charge in [0.05, 0.1) is 52.6 Å². The van der Waals surface area contributed by atoms with Crippen molar-refractivity contribution in [1.82, 2.24) is 34.0 Å². The van der Waals surface area contributed by atoms with Gasteiger partial charge in [-0.05, 0) is 295 Å². The molecule has 697 valence electrons. The van der Waals surface area contributed by atoms with Crippen LogP contribution in [0.15, 0.2) is 169 Å². The summed E-state index contributed by atoms with van der Waals surface area (Å²) in [6.45, 7) is 36.2. The van der Waals surface area contributed by atoms with Crippen molar-refractivity contribution in [2.24, 2.45) is 34.4 Å². The summed E-state index contributed by atoms with van der Waals surface area (Å²) in [6, 6.07) is 33.2. The fourth-order valence-electron chi connectivity index (χ4n) is 12.3. The fraction of sp³-hybridized carbons (Fsp3) is 0.549. The van der Waals surface area contributed by atoms with E-state index in [2.05, 4.69) is 59.9 Å². The molecule has 5 aromatic rings. The molecular formula is C82H124B3F4N9NaO21S6. The Morgan fingerprint density at radius 2 is 0.889 bits per heavy atom. The number of aliphatic imine (C=N–C) groups is 1. The fourth-order valence-corrected chi connectivity index (χ4v) is 16.4. The van der Waals surface area contributed by atoms with E-state index in [1.807, 2.05) is 94.4 Å². The van der Waals surface area contributed by atoms with Gasteiger partial charge in [0.25, 0.3) is 0 Å². The molecule has 11 rings (SSSR count). The second kappa shape index (κ2) is 46.3. The molecule has 3 radical (unpaired) electrons. The van der Waals surface area contributed by atoms with Gasteiger partial charge in [0.1, 0.15) is 11.2 Å². The topological polar surface area (TPSA) is 409 Å². The van der Waals surface area contributed by atoms with Crippen LogP contribution in [0.1, 0.15) is 187 Å². The minimum absolute atomic E-state index is 0. The van der Waals surface area contributed by atoms with Crippen molar-refractivity contribution in [1.29, 1.82) is 0 Å². The van der Waals surface area contributed by atoms with Crippen LogP contribution in [0.5, 0.6) is 0 Å². The van der Waals surface area contributed by atoms with Gasteiger partial charge in [-0.3, -0.25) is 9.89 Å². The third-order valence-electron chi connectivity index (χ3n) is 20.7. The average Bonchev–Trinajstić information content (AvgIpc) is 1.48. The zero-order valence-corrected chi connectivity index (χ0v) is 83.2. The van der Waals surface area contributed by atoms with Crippen molar-refractivity contribution in [2.45, 2.75) is 233 Å². The van der Waals surface area contributed by atoms with E-state index in [0.29, 0.717) is 56.3 Å². The largest absolute Gasteiger partial charge is 1.00 e. The zero-order chi connectivity index (χ0) is 94.2. The molecule has 30 nitrogen and oxygen atoms in total. The number of sulfonamides is 4. The van der Waals surface area contributed by atoms with Gasteiger partial charge >= 0.3 is 81.8 Å². The Morgan fingerprint density at radius 1 is 0.516 bits per heavy atom. The molecular weight excluding hydrogens is 1770 g/mol. The van der Waals surface area contributed by atoms with Crippen LogP contribution in [0.2, 0.25) is 0 Å². The summed E-state index contributed by atoms with van der Waals surface area (Å²) in [7, 11) is -18.5. The van der Waals surface area contributed by atoms with Crippen molar-refractivity contribution in [3.63, 3.8) is 0 Å². The number of amides is 2. The summed E-state index contributed by atoms with van der Waals surface area (Å²) in [5.74, 6) is 0.863. The summed E-state index contributed by atoms with van der Waals surface area (Å²) < 4.78 is 236. The maximum absolute atomic E-state index is 13.0. The number of alkyl halides is 3. The molecule has 0 bridgehead atoms. The SMILES string of the molecule is CC1(C)OB(c2cccc(S(=O)(=O)F)c2)OC1(C)C.CC1CC=C(OS(=O)(=O)C(F)(F)F)N(C(=O)OC(C)(C)C)C1.CN.CNS(=O)(=O)c1cccc(B2OC(C)(C)C(C)(C)O2)c1.CNS(=O)(=O)c1cccc(C2=CCC(C)CN2C(=O)OC(C)(C)C)c1.CNS(=O)(=O)c1cccc(C2=NCC(C)CC2)c1.CNS(=O)(=O)c1cccc([C@@H]2CC[C@@H](C)CN2)c1.[B].[H-].[Na+]. The molecule has 3 unspecified atom stereocenters. The number of carbonyl (C=O) groups is 2. The van der Waals surface area contributed by atoms with Gasteiger partial charge in [-0.2, -0.15) is 30.0 Å². The molecule has 5 atom stereocenters. The van der Waals surface area contributed by atoms with Gasteiger partial charge in [-0.15, -0.1) is 3.89 Å². The number of halogens is 4. The molecule has 6 aliphatic heterocycles. The Morgan fingerprint density at radius 3 is 1.29 bits per heavy atom. The molecule has 6 heterocycles. The molecule has 0 aromatic heterocycles. The van der Waals surface area contributed by atoms with Gasteiger partial charge in [0.15, 0.2) is 0 Å². The Balaban J connectivity index is 0.000000513. The predicted octanol–water partition coefficient (Wildman–Crippen LogP) is 8.50. The van der Waals surface area contributed by atoms with Crippen molar-refractivity contribution in [3.05, 3.63) is 156 Å². The molecule has 0 saturated carbocycles. The molecule has 6 aliphatic rings. The maximum atomic E-state index is 13.0. The van der Waals surface area contributed by atoms with Crippen LogP contribution in [-0.2, 0) is 92.7 Å². The average molecular weight is 1900 g/mol. The second-order valence-corrected chi connectivity index (χ2v) is 44.7. The van der Waals surface area contributed by atoms with Crippen LogP contribution in [0, 0.1) is 23.7 Å². The molecule has 3 fully saturated rings. The Kier molecular flexibility index (Phi) is 41.8. The molecule has 7 N–H and O–H groups in total. The first kappa shape index (κ1) is 114. The normalized spacial score (nSPS) is 20.4. The van der Waals surface area contributed by atoms with Crippen molar-refractivity contribution in [2.75, 3.05) is 61.4 Å². The first-order valence-corrected chi connectivity index (χ1v) is 48.8. The van der Waals surface area contributed by atoms with Gasteiger partial charge in [-0.25, -0.2) is 67.0 Å². The standard InChI is InChI=1S/C18H26N2O4S.C13H20BNO4S.C13H20N2O2S.C13H18N2O2S.C12H16BFO4S.C12H18F3NO5S.CH5N.B.Na.H/c1-13-9-10-16(20(12-13)17(21)24-18(2,3)4)14-7-6-8-15(11-14)25(22,23)19-5;1-12(2)13(3,4)19-14(18-12)10-7-6-8-11(9-10)20(16,17)15-5;2*1-10-6-7-13(15-9-10)11-4-3-5-12(8-11)18(16,17)14-2;1-11(2)12(3,4)18-13(17-11)9-6-5-7-10(8-9)19(14,15)16;1-8-5-6-9(21-22(18,19)12(13,14)15)16(7-8)10(17)20-11(2,3)4;1-2;;;/h6-8,10-11,13,19H,9,12H2,1-5H3;6-9,15H,1-5H3;3-5,8,10,13-15H,6-7,9H2,1-2H3;3-5,8,10,14H,6-7,9H2,1-2H3;5-8H,1-4H3;6,8H,5,7H2,1-4H3;2H2,1H3;;;/q;;;;;;;;+1;-1/t;;10-,13+;;;;;;;/m..1......./s1. The minimum Gasteiger partial charge on any atom is -1.00 e. The number of hydrogen-bond donors (Lipinski definition) is 6. The summed E-state index contributed by atoms with van der Waals surface area (Å²) in [5.41, 5.74) is 1.02. The first-order chi connectivity index (χ1) is 56.9. The maximum Gasteiger partial charge on any atom is 1.00 e. The number of hydrogen-bond acceptors (Lipinski definition) is 24. The first-order valence-electron chi connectivity index (χ1n) is 40.1. The second-order valence-electron chi connectivity index (χ2n) is 34.3. The van der Waals surface area contributed by atoms with E-state index >= 15 is 0 Å². The predicted molar refractivity (Wildman–Crippen MR) is 478 cm³/mol. The quantitative estimate of drug-likeness (QED) is 0.0177. The number of allylic oxidation sites excluding steroid dienone is 2. The molecule has 44 heteroatoms. The van der Waals surface area contributed by atoms with Gasteiger partial charge in [0.2, 0.25) is 46.0 Å². The van der Waals surface area contributed by atoms with Crippen LogP contribution >= 0.6 is 0 Å². The van der Waals surface area contributed by atoms with E-state index in [1.54, 1.807) is 118 Å². The van der Waals surface area contributed by atoms with E-state index < -0.39 is 132 Å². The number of rotatable bonds is 16. The number of nitrogens with one attached hydrogen (secondary N) is 5. The summed E-state index contributed by atoms with van der Waals surface area (Å²) >= 11 is 0. The molecule has 2 amide bonds. The van der Waals surface area contributed by atoms with Crippen LogP contribution in [-0.4, -0.2) is 201 Å². The zero-order valence-electron chi connectivity index (χ0n) is 77.3. The monoisotopic (exact) mass is 1890 g/mol. The molecule has 3 saturated heterocycles. The van der Waals surface area contributed by atoms with Crippen LogP contribution in [0.25, 0.3) is 5.70 Å². The molecule has 5 aromatic carbocycles. The van der Waals surface area contributed by atoms with Crippen LogP contribution < -0.4 is 70.4 Å². The molecule has 0 spiro atoms.